The molecular formula is C24H48O6. The molecule has 0 spiro atoms. The van der Waals surface area contributed by atoms with Crippen molar-refractivity contribution in [2.24, 2.45) is 0 Å². The molecule has 0 aromatic carbocycles. The molecule has 6 nitrogen and oxygen atoms in total. The first-order valence-electron chi connectivity index (χ1n) is 12.3. The topological polar surface area (TPSA) is 55.4 Å². The highest BCUT2D eigenvalue weighted by Gasteiger charge is 2.43. The van der Waals surface area contributed by atoms with Gasteiger partial charge in [-0.3, -0.25) is 0 Å². The zero-order valence-electron chi connectivity index (χ0n) is 20.2. The molecule has 1 fully saturated rings. The summed E-state index contributed by atoms with van der Waals surface area (Å²) in [6.07, 6.45) is 7.99. The number of ether oxygens (including phenoxy) is 6. The molecule has 0 saturated carbocycles. The Morgan fingerprint density at radius 1 is 0.700 bits per heavy atom. The smallest absolute Gasteiger partial charge is 0.160 e. The van der Waals surface area contributed by atoms with Gasteiger partial charge < -0.3 is 28.4 Å². The molecule has 1 aliphatic rings. The van der Waals surface area contributed by atoms with Crippen LogP contribution in [0.3, 0.4) is 0 Å². The highest BCUT2D eigenvalue weighted by atomic mass is 16.7. The summed E-state index contributed by atoms with van der Waals surface area (Å²) < 4.78 is 37.0. The normalized spacial score (nSPS) is 27.3. The second-order valence-electron chi connectivity index (χ2n) is 8.14. The van der Waals surface area contributed by atoms with Crippen molar-refractivity contribution in [3.05, 3.63) is 0 Å². The van der Waals surface area contributed by atoms with Gasteiger partial charge in [0, 0.05) is 40.0 Å². The molecule has 5 atom stereocenters. The molecule has 1 saturated heterocycles. The van der Waals surface area contributed by atoms with Crippen molar-refractivity contribution in [1.29, 1.82) is 0 Å². The second-order valence-corrected chi connectivity index (χ2v) is 8.14. The highest BCUT2D eigenvalue weighted by molar-refractivity contribution is 4.90. The van der Waals surface area contributed by atoms with Crippen LogP contribution in [0.1, 0.15) is 85.5 Å². The van der Waals surface area contributed by atoms with Gasteiger partial charge in [0.15, 0.2) is 6.29 Å². The van der Waals surface area contributed by atoms with Crippen LogP contribution in [0.5, 0.6) is 0 Å². The quantitative estimate of drug-likeness (QED) is 0.280. The van der Waals surface area contributed by atoms with Crippen molar-refractivity contribution in [2.45, 2.75) is 116 Å². The van der Waals surface area contributed by atoms with Crippen LogP contribution >= 0.6 is 0 Å². The molecule has 1 unspecified atom stereocenters. The monoisotopic (exact) mass is 432 g/mol. The van der Waals surface area contributed by atoms with Gasteiger partial charge in [0.05, 0.1) is 12.7 Å². The van der Waals surface area contributed by atoms with E-state index in [1.54, 1.807) is 7.11 Å². The molecule has 30 heavy (non-hydrogen) atoms. The molecular weight excluding hydrogens is 384 g/mol. The Labute approximate surface area is 185 Å². The van der Waals surface area contributed by atoms with Crippen LogP contribution in [0.4, 0.5) is 0 Å². The maximum Gasteiger partial charge on any atom is 0.160 e. The standard InChI is InChI=1S/C24H48O6/c1-6-10-14-26-19-21-24(29-17-13-9-4)23(28-16-12-8-3)20(27-15-11-7-2)18-22(25-5)30-21/h20-24H,6-19H2,1-5H3/t20-,21+,22?,23-,24+/m0/s1. The lowest BCUT2D eigenvalue weighted by atomic mass is 10.0. The van der Waals surface area contributed by atoms with E-state index in [4.69, 9.17) is 28.4 Å². The summed E-state index contributed by atoms with van der Waals surface area (Å²) >= 11 is 0. The maximum atomic E-state index is 6.40. The van der Waals surface area contributed by atoms with E-state index in [1.807, 2.05) is 0 Å². The molecule has 0 aromatic heterocycles. The predicted octanol–water partition coefficient (Wildman–Crippen LogP) is 5.12. The van der Waals surface area contributed by atoms with Gasteiger partial charge in [-0.1, -0.05) is 53.4 Å². The van der Waals surface area contributed by atoms with Crippen molar-refractivity contribution in [3.63, 3.8) is 0 Å². The zero-order valence-corrected chi connectivity index (χ0v) is 20.2. The van der Waals surface area contributed by atoms with Crippen LogP contribution in [0.25, 0.3) is 0 Å². The Morgan fingerprint density at radius 2 is 1.23 bits per heavy atom. The molecule has 180 valence electrons. The Bertz CT molecular complexity index is 381. The molecule has 6 heteroatoms. The lowest BCUT2D eigenvalue weighted by Crippen LogP contribution is -2.49. The number of rotatable bonds is 18. The van der Waals surface area contributed by atoms with Crippen LogP contribution in [-0.2, 0) is 28.4 Å². The van der Waals surface area contributed by atoms with Crippen molar-refractivity contribution in [2.75, 3.05) is 40.1 Å². The Kier molecular flexibility index (Phi) is 17.0. The van der Waals surface area contributed by atoms with Crippen molar-refractivity contribution in [1.82, 2.24) is 0 Å². The van der Waals surface area contributed by atoms with Crippen molar-refractivity contribution >= 4 is 0 Å². The van der Waals surface area contributed by atoms with E-state index in [0.717, 1.165) is 58.0 Å². The Balaban J connectivity index is 3.00. The number of unbranched alkanes of at least 4 members (excludes halogenated alkanes) is 4. The van der Waals surface area contributed by atoms with Gasteiger partial charge in [-0.2, -0.15) is 0 Å². The first-order chi connectivity index (χ1) is 14.7. The SMILES string of the molecule is CCCCOC[C@H]1OC(OC)C[C@H](OCCCC)[C@H](OCCCC)[C@@H]1OCCCC. The lowest BCUT2D eigenvalue weighted by Gasteiger charge is -2.34. The molecule has 0 radical (unpaired) electrons. The summed E-state index contributed by atoms with van der Waals surface area (Å²) in [5.74, 6) is 0. The zero-order chi connectivity index (χ0) is 22.0. The van der Waals surface area contributed by atoms with Gasteiger partial charge in [0.1, 0.15) is 18.3 Å². The number of hydrogen-bond donors (Lipinski definition) is 0. The van der Waals surface area contributed by atoms with E-state index < -0.39 is 0 Å². The summed E-state index contributed by atoms with van der Waals surface area (Å²) in [6, 6.07) is 0. The van der Waals surface area contributed by atoms with E-state index in [1.165, 1.54) is 0 Å². The van der Waals surface area contributed by atoms with Gasteiger partial charge in [0.25, 0.3) is 0 Å². The molecule has 0 aliphatic carbocycles. The third-order valence-corrected chi connectivity index (χ3v) is 5.44. The highest BCUT2D eigenvalue weighted by Crippen LogP contribution is 2.28. The average molecular weight is 433 g/mol. The summed E-state index contributed by atoms with van der Waals surface area (Å²) in [5.41, 5.74) is 0. The Morgan fingerprint density at radius 3 is 1.80 bits per heavy atom. The van der Waals surface area contributed by atoms with E-state index in [9.17, 15) is 0 Å². The average Bonchev–Trinajstić information content (AvgIpc) is 2.89. The fourth-order valence-electron chi connectivity index (χ4n) is 3.48. The van der Waals surface area contributed by atoms with Crippen molar-refractivity contribution in [3.8, 4) is 0 Å². The molecule has 1 heterocycles. The predicted molar refractivity (Wildman–Crippen MR) is 120 cm³/mol. The third-order valence-electron chi connectivity index (χ3n) is 5.44. The lowest BCUT2D eigenvalue weighted by molar-refractivity contribution is -0.203. The van der Waals surface area contributed by atoms with E-state index in [0.29, 0.717) is 32.8 Å². The van der Waals surface area contributed by atoms with E-state index in [2.05, 4.69) is 27.7 Å². The molecule has 0 N–H and O–H groups in total. The molecule has 0 bridgehead atoms. The van der Waals surface area contributed by atoms with Crippen LogP contribution in [0.15, 0.2) is 0 Å². The minimum Gasteiger partial charge on any atom is -0.379 e. The Hall–Kier alpha value is -0.240. The van der Waals surface area contributed by atoms with Crippen LogP contribution < -0.4 is 0 Å². The third kappa shape index (κ3) is 10.9. The van der Waals surface area contributed by atoms with Gasteiger partial charge >= 0.3 is 0 Å². The largest absolute Gasteiger partial charge is 0.379 e. The van der Waals surface area contributed by atoms with Crippen molar-refractivity contribution < 1.29 is 28.4 Å². The van der Waals surface area contributed by atoms with Crippen LogP contribution in [-0.4, -0.2) is 70.9 Å². The van der Waals surface area contributed by atoms with Gasteiger partial charge in [0.2, 0.25) is 0 Å². The maximum absolute atomic E-state index is 6.40. The first kappa shape index (κ1) is 27.8. The molecule has 0 amide bonds. The van der Waals surface area contributed by atoms with Gasteiger partial charge in [-0.05, 0) is 25.7 Å². The van der Waals surface area contributed by atoms with Gasteiger partial charge in [-0.25, -0.2) is 0 Å². The summed E-state index contributed by atoms with van der Waals surface area (Å²) in [6.45, 7) is 12.0. The number of methoxy groups -OCH3 is 1. The fraction of sp³-hybridized carbons (Fsp3) is 1.00. The van der Waals surface area contributed by atoms with Crippen LogP contribution in [0.2, 0.25) is 0 Å². The molecule has 1 rings (SSSR count). The molecule has 0 aromatic rings. The van der Waals surface area contributed by atoms with E-state index in [-0.39, 0.29) is 30.7 Å². The first-order valence-corrected chi connectivity index (χ1v) is 12.3. The summed E-state index contributed by atoms with van der Waals surface area (Å²) in [4.78, 5) is 0. The summed E-state index contributed by atoms with van der Waals surface area (Å²) in [5, 5.41) is 0. The van der Waals surface area contributed by atoms with Gasteiger partial charge in [-0.15, -0.1) is 0 Å². The number of hydrogen-bond acceptors (Lipinski definition) is 6. The molecule has 1 aliphatic heterocycles. The minimum absolute atomic E-state index is 0.120. The van der Waals surface area contributed by atoms with Crippen LogP contribution in [0, 0.1) is 0 Å². The summed E-state index contributed by atoms with van der Waals surface area (Å²) in [7, 11) is 1.69. The second kappa shape index (κ2) is 18.3. The fourth-order valence-corrected chi connectivity index (χ4v) is 3.48. The minimum atomic E-state index is -0.353. The van der Waals surface area contributed by atoms with E-state index >= 15 is 0 Å².